The molecular weight excluding hydrogens is 306 g/mol. The fourth-order valence-corrected chi connectivity index (χ4v) is 1.67. The number of rotatable bonds is 2. The zero-order chi connectivity index (χ0) is 13.1. The lowest BCUT2D eigenvalue weighted by Crippen LogP contribution is -2.15. The molecule has 92 valence electrons. The number of pyridine rings is 1. The molecule has 0 bridgehead atoms. The van der Waals surface area contributed by atoms with Gasteiger partial charge in [0, 0.05) is 0 Å². The molecule has 6 heteroatoms. The second-order valence-electron chi connectivity index (χ2n) is 3.40. The normalized spacial score (nSPS) is 10.2. The lowest BCUT2D eigenvalue weighted by atomic mass is 10.2. The third-order valence-corrected chi connectivity index (χ3v) is 2.59. The monoisotopic (exact) mass is 312 g/mol. The van der Waals surface area contributed by atoms with Gasteiger partial charge in [-0.1, -0.05) is 12.1 Å². The smallest absolute Gasteiger partial charge is 0.274 e. The molecule has 0 spiro atoms. The molecule has 0 saturated carbocycles. The predicted molar refractivity (Wildman–Crippen MR) is 66.2 cm³/mol. The van der Waals surface area contributed by atoms with E-state index in [0.29, 0.717) is 4.60 Å². The lowest BCUT2D eigenvalue weighted by molar-refractivity contribution is 0.102. The SMILES string of the molecule is O=C(Nc1cccc(F)c1F)c1cccc(Br)n1. The molecular formula is C12H7BrF2N2O. The standard InChI is InChI=1S/C12H7BrF2N2O/c13-10-6-2-5-9(16-10)12(18)17-8-4-1-3-7(14)11(8)15/h1-6H,(H,17,18). The summed E-state index contributed by atoms with van der Waals surface area (Å²) in [5.41, 5.74) is -0.116. The van der Waals surface area contributed by atoms with Crippen LogP contribution in [-0.4, -0.2) is 10.9 Å². The first-order valence-electron chi connectivity index (χ1n) is 4.96. The number of halogens is 3. The van der Waals surface area contributed by atoms with Crippen molar-refractivity contribution in [2.45, 2.75) is 0 Å². The van der Waals surface area contributed by atoms with Crippen LogP contribution in [0.4, 0.5) is 14.5 Å². The number of hydrogen-bond acceptors (Lipinski definition) is 2. The van der Waals surface area contributed by atoms with Crippen molar-refractivity contribution in [3.05, 3.63) is 58.3 Å². The highest BCUT2D eigenvalue weighted by Crippen LogP contribution is 2.17. The Morgan fingerprint density at radius 2 is 1.89 bits per heavy atom. The summed E-state index contributed by atoms with van der Waals surface area (Å²) in [4.78, 5) is 15.7. The molecule has 0 atom stereocenters. The molecule has 0 aliphatic rings. The predicted octanol–water partition coefficient (Wildman–Crippen LogP) is 3.37. The molecule has 0 fully saturated rings. The van der Waals surface area contributed by atoms with Gasteiger partial charge < -0.3 is 5.32 Å². The number of benzene rings is 1. The molecule has 2 aromatic rings. The Balaban J connectivity index is 2.24. The van der Waals surface area contributed by atoms with Crippen LogP contribution in [-0.2, 0) is 0 Å². The second-order valence-corrected chi connectivity index (χ2v) is 4.21. The molecule has 1 heterocycles. The van der Waals surface area contributed by atoms with E-state index in [1.165, 1.54) is 18.2 Å². The fourth-order valence-electron chi connectivity index (χ4n) is 1.32. The Kier molecular flexibility index (Phi) is 3.66. The number of aromatic nitrogens is 1. The molecule has 1 amide bonds. The number of carbonyl (C=O) groups is 1. The van der Waals surface area contributed by atoms with Crippen LogP contribution < -0.4 is 5.32 Å². The highest BCUT2D eigenvalue weighted by atomic mass is 79.9. The van der Waals surface area contributed by atoms with Gasteiger partial charge in [0.15, 0.2) is 11.6 Å². The van der Waals surface area contributed by atoms with Crippen LogP contribution >= 0.6 is 15.9 Å². The summed E-state index contributed by atoms with van der Waals surface area (Å²) >= 11 is 3.12. The first-order chi connectivity index (χ1) is 8.58. The minimum atomic E-state index is -1.10. The van der Waals surface area contributed by atoms with E-state index in [1.807, 2.05) is 0 Å². The summed E-state index contributed by atoms with van der Waals surface area (Å²) < 4.78 is 26.8. The number of anilines is 1. The first-order valence-corrected chi connectivity index (χ1v) is 5.75. The van der Waals surface area contributed by atoms with Crippen LogP contribution in [0.15, 0.2) is 41.0 Å². The van der Waals surface area contributed by atoms with Gasteiger partial charge >= 0.3 is 0 Å². The van der Waals surface area contributed by atoms with E-state index in [9.17, 15) is 13.6 Å². The molecule has 18 heavy (non-hydrogen) atoms. The van der Waals surface area contributed by atoms with Crippen molar-refractivity contribution in [1.82, 2.24) is 4.98 Å². The first kappa shape index (κ1) is 12.6. The molecule has 0 unspecified atom stereocenters. The fraction of sp³-hybridized carbons (Fsp3) is 0. The Bertz CT molecular complexity index is 604. The second kappa shape index (κ2) is 5.22. The van der Waals surface area contributed by atoms with Gasteiger partial charge in [-0.15, -0.1) is 0 Å². The van der Waals surface area contributed by atoms with Crippen molar-refractivity contribution in [3.63, 3.8) is 0 Å². The summed E-state index contributed by atoms with van der Waals surface area (Å²) in [6, 6.07) is 8.30. The highest BCUT2D eigenvalue weighted by molar-refractivity contribution is 9.10. The third kappa shape index (κ3) is 2.70. The molecule has 0 radical (unpaired) electrons. The van der Waals surface area contributed by atoms with Crippen LogP contribution in [0.1, 0.15) is 10.5 Å². The Morgan fingerprint density at radius 3 is 2.61 bits per heavy atom. The Morgan fingerprint density at radius 1 is 1.17 bits per heavy atom. The number of amides is 1. The Hall–Kier alpha value is -1.82. The van der Waals surface area contributed by atoms with Crippen molar-refractivity contribution in [2.24, 2.45) is 0 Å². The van der Waals surface area contributed by atoms with Crippen molar-refractivity contribution < 1.29 is 13.6 Å². The summed E-state index contributed by atoms with van der Waals surface area (Å²) in [5, 5.41) is 2.26. The largest absolute Gasteiger partial charge is 0.318 e. The van der Waals surface area contributed by atoms with Crippen molar-refractivity contribution in [3.8, 4) is 0 Å². The third-order valence-electron chi connectivity index (χ3n) is 2.15. The minimum absolute atomic E-state index is 0.105. The average Bonchev–Trinajstić information content (AvgIpc) is 2.35. The number of hydrogen-bond donors (Lipinski definition) is 1. The van der Waals surface area contributed by atoms with E-state index in [0.717, 1.165) is 6.07 Å². The molecule has 1 aromatic heterocycles. The summed E-state index contributed by atoms with van der Waals surface area (Å²) in [6.07, 6.45) is 0. The van der Waals surface area contributed by atoms with Gasteiger partial charge in [-0.05, 0) is 40.2 Å². The quantitative estimate of drug-likeness (QED) is 0.864. The zero-order valence-corrected chi connectivity index (χ0v) is 10.5. The van der Waals surface area contributed by atoms with E-state index in [-0.39, 0.29) is 11.4 Å². The maximum atomic E-state index is 13.3. The van der Waals surface area contributed by atoms with Crippen molar-refractivity contribution >= 4 is 27.5 Å². The van der Waals surface area contributed by atoms with E-state index in [4.69, 9.17) is 0 Å². The van der Waals surface area contributed by atoms with E-state index in [2.05, 4.69) is 26.2 Å². The van der Waals surface area contributed by atoms with E-state index < -0.39 is 17.5 Å². The van der Waals surface area contributed by atoms with Crippen LogP contribution in [0, 0.1) is 11.6 Å². The summed E-state index contributed by atoms with van der Waals surface area (Å²) in [5.74, 6) is -2.73. The zero-order valence-electron chi connectivity index (χ0n) is 8.95. The van der Waals surface area contributed by atoms with Gasteiger partial charge in [0.1, 0.15) is 10.3 Å². The van der Waals surface area contributed by atoms with Crippen molar-refractivity contribution in [1.29, 1.82) is 0 Å². The van der Waals surface area contributed by atoms with Gasteiger partial charge in [-0.2, -0.15) is 0 Å². The average molecular weight is 313 g/mol. The number of nitrogens with zero attached hydrogens (tertiary/aromatic N) is 1. The molecule has 3 nitrogen and oxygen atoms in total. The number of carbonyl (C=O) groups excluding carboxylic acids is 1. The number of nitrogens with one attached hydrogen (secondary N) is 1. The summed E-state index contributed by atoms with van der Waals surface area (Å²) in [7, 11) is 0. The minimum Gasteiger partial charge on any atom is -0.318 e. The maximum Gasteiger partial charge on any atom is 0.274 e. The molecule has 2 rings (SSSR count). The topological polar surface area (TPSA) is 42.0 Å². The van der Waals surface area contributed by atoms with E-state index in [1.54, 1.807) is 12.1 Å². The Labute approximate surface area is 110 Å². The molecule has 0 aliphatic heterocycles. The van der Waals surface area contributed by atoms with Crippen LogP contribution in [0.3, 0.4) is 0 Å². The van der Waals surface area contributed by atoms with Gasteiger partial charge in [0.05, 0.1) is 5.69 Å². The van der Waals surface area contributed by atoms with E-state index >= 15 is 0 Å². The molecule has 1 aromatic carbocycles. The maximum absolute atomic E-state index is 13.3. The van der Waals surface area contributed by atoms with Gasteiger partial charge in [0.25, 0.3) is 5.91 Å². The van der Waals surface area contributed by atoms with Gasteiger partial charge in [0.2, 0.25) is 0 Å². The molecule has 0 saturated heterocycles. The van der Waals surface area contributed by atoms with Crippen molar-refractivity contribution in [2.75, 3.05) is 5.32 Å². The molecule has 0 aliphatic carbocycles. The van der Waals surface area contributed by atoms with Crippen LogP contribution in [0.5, 0.6) is 0 Å². The summed E-state index contributed by atoms with van der Waals surface area (Å²) in [6.45, 7) is 0. The molecule has 1 N–H and O–H groups in total. The van der Waals surface area contributed by atoms with Gasteiger partial charge in [-0.25, -0.2) is 13.8 Å². The van der Waals surface area contributed by atoms with Crippen LogP contribution in [0.2, 0.25) is 0 Å². The lowest BCUT2D eigenvalue weighted by Gasteiger charge is -2.06. The van der Waals surface area contributed by atoms with Crippen LogP contribution in [0.25, 0.3) is 0 Å². The highest BCUT2D eigenvalue weighted by Gasteiger charge is 2.13. The van der Waals surface area contributed by atoms with Gasteiger partial charge in [-0.3, -0.25) is 4.79 Å².